The van der Waals surface area contributed by atoms with Crippen LogP contribution >= 0.6 is 0 Å². The highest BCUT2D eigenvalue weighted by Gasteiger charge is 2.42. The topological polar surface area (TPSA) is 69.0 Å². The molecule has 2 aliphatic rings. The van der Waals surface area contributed by atoms with Crippen molar-refractivity contribution in [2.75, 3.05) is 6.79 Å². The van der Waals surface area contributed by atoms with E-state index < -0.39 is 17.3 Å². The van der Waals surface area contributed by atoms with E-state index in [2.05, 4.69) is 13.8 Å². The fraction of sp³-hybridized carbons (Fsp3) is 0.214. The number of halogens is 1. The Morgan fingerprint density at radius 1 is 0.971 bits per heavy atom. The highest BCUT2D eigenvalue weighted by atomic mass is 19.1. The van der Waals surface area contributed by atoms with Crippen LogP contribution in [0.25, 0.3) is 11.0 Å². The Hall–Kier alpha value is -4.13. The molecule has 6 nitrogen and oxygen atoms in total. The fourth-order valence-corrected chi connectivity index (χ4v) is 4.80. The first-order valence-electron chi connectivity index (χ1n) is 11.5. The minimum Gasteiger partial charge on any atom is -0.454 e. The molecule has 7 heteroatoms. The highest BCUT2D eigenvalue weighted by molar-refractivity contribution is 5.99. The Morgan fingerprint density at radius 3 is 2.51 bits per heavy atom. The van der Waals surface area contributed by atoms with E-state index in [0.29, 0.717) is 17.4 Å². The number of carbonyl (C=O) groups is 1. The Labute approximate surface area is 200 Å². The maximum Gasteiger partial charge on any atom is 0.291 e. The van der Waals surface area contributed by atoms with Crippen molar-refractivity contribution in [1.82, 2.24) is 4.90 Å². The Kier molecular flexibility index (Phi) is 4.88. The molecule has 0 spiro atoms. The average Bonchev–Trinajstić information content (AvgIpc) is 3.43. The maximum atomic E-state index is 14.0. The molecule has 1 amide bonds. The molecule has 2 aliphatic heterocycles. The number of ether oxygens (including phenoxy) is 2. The molecule has 1 atom stereocenters. The van der Waals surface area contributed by atoms with E-state index in [1.165, 1.54) is 12.1 Å². The van der Waals surface area contributed by atoms with Crippen LogP contribution in [0.3, 0.4) is 0 Å². The molecule has 0 fully saturated rings. The number of benzene rings is 3. The van der Waals surface area contributed by atoms with Gasteiger partial charge in [-0.05, 0) is 52.9 Å². The van der Waals surface area contributed by atoms with Crippen LogP contribution < -0.4 is 14.9 Å². The van der Waals surface area contributed by atoms with Crippen LogP contribution in [0.1, 0.15) is 58.6 Å². The summed E-state index contributed by atoms with van der Waals surface area (Å²) in [4.78, 5) is 28.8. The normalized spacial score (nSPS) is 16.4. The largest absolute Gasteiger partial charge is 0.454 e. The van der Waals surface area contributed by atoms with E-state index in [1.807, 2.05) is 36.4 Å². The standard InChI is InChI=1S/C28H22FNO5/c1-15(2)17-4-6-18(7-5-17)25-24-26(31)20-12-19(29)8-10-21(20)35-27(24)28(32)30(25)13-16-3-9-22-23(11-16)34-14-33-22/h3-12,15,25H,13-14H2,1-2H3. The van der Waals surface area contributed by atoms with Crippen molar-refractivity contribution in [2.24, 2.45) is 0 Å². The molecule has 0 saturated heterocycles. The molecule has 35 heavy (non-hydrogen) atoms. The van der Waals surface area contributed by atoms with E-state index in [1.54, 1.807) is 11.0 Å². The molecular formula is C28H22FNO5. The summed E-state index contributed by atoms with van der Waals surface area (Å²) < 4.78 is 30.8. The lowest BCUT2D eigenvalue weighted by molar-refractivity contribution is 0.0714. The van der Waals surface area contributed by atoms with Crippen molar-refractivity contribution < 1.29 is 23.1 Å². The van der Waals surface area contributed by atoms with E-state index in [4.69, 9.17) is 13.9 Å². The average molecular weight is 471 g/mol. The van der Waals surface area contributed by atoms with Crippen LogP contribution in [0.4, 0.5) is 4.39 Å². The van der Waals surface area contributed by atoms with Crippen molar-refractivity contribution in [3.05, 3.63) is 105 Å². The first-order chi connectivity index (χ1) is 16.9. The van der Waals surface area contributed by atoms with E-state index in [0.717, 1.165) is 22.8 Å². The number of carbonyl (C=O) groups excluding carboxylic acids is 1. The number of fused-ring (bicyclic) bond motifs is 3. The fourth-order valence-electron chi connectivity index (χ4n) is 4.80. The van der Waals surface area contributed by atoms with Gasteiger partial charge in [-0.3, -0.25) is 9.59 Å². The van der Waals surface area contributed by atoms with Gasteiger partial charge in [0.2, 0.25) is 12.6 Å². The van der Waals surface area contributed by atoms with Crippen LogP contribution in [0.2, 0.25) is 0 Å². The Balaban J connectivity index is 1.51. The number of rotatable bonds is 4. The second-order valence-electron chi connectivity index (χ2n) is 9.16. The third kappa shape index (κ3) is 3.46. The lowest BCUT2D eigenvalue weighted by Gasteiger charge is -2.25. The van der Waals surface area contributed by atoms with Gasteiger partial charge in [0.25, 0.3) is 5.91 Å². The monoisotopic (exact) mass is 471 g/mol. The quantitative estimate of drug-likeness (QED) is 0.392. The molecular weight excluding hydrogens is 449 g/mol. The van der Waals surface area contributed by atoms with Gasteiger partial charge in [0.05, 0.1) is 17.0 Å². The summed E-state index contributed by atoms with van der Waals surface area (Å²) >= 11 is 0. The molecule has 0 saturated carbocycles. The first-order valence-corrected chi connectivity index (χ1v) is 11.5. The SMILES string of the molecule is CC(C)c1ccc(C2c3c(oc4ccc(F)cc4c3=O)C(=O)N2Cc2ccc3c(c2)OCO3)cc1. The van der Waals surface area contributed by atoms with Gasteiger partial charge in [0.1, 0.15) is 11.4 Å². The van der Waals surface area contributed by atoms with Crippen molar-refractivity contribution in [3.63, 3.8) is 0 Å². The molecule has 6 rings (SSSR count). The zero-order valence-electron chi connectivity index (χ0n) is 19.2. The van der Waals surface area contributed by atoms with Gasteiger partial charge in [-0.15, -0.1) is 0 Å². The van der Waals surface area contributed by atoms with Crippen molar-refractivity contribution in [1.29, 1.82) is 0 Å². The van der Waals surface area contributed by atoms with Crippen LogP contribution in [0.15, 0.2) is 69.9 Å². The maximum absolute atomic E-state index is 14.0. The van der Waals surface area contributed by atoms with Gasteiger partial charge in [-0.25, -0.2) is 4.39 Å². The van der Waals surface area contributed by atoms with E-state index >= 15 is 0 Å². The molecule has 3 aromatic carbocycles. The molecule has 0 N–H and O–H groups in total. The molecule has 1 aromatic heterocycles. The highest BCUT2D eigenvalue weighted by Crippen LogP contribution is 2.40. The summed E-state index contributed by atoms with van der Waals surface area (Å²) in [6, 6.07) is 16.5. The van der Waals surface area contributed by atoms with Crippen molar-refractivity contribution >= 4 is 16.9 Å². The molecule has 0 aliphatic carbocycles. The van der Waals surface area contributed by atoms with Crippen molar-refractivity contribution in [3.8, 4) is 11.5 Å². The number of hydrogen-bond acceptors (Lipinski definition) is 5. The van der Waals surface area contributed by atoms with E-state index in [-0.39, 0.29) is 41.5 Å². The molecule has 0 bridgehead atoms. The third-order valence-electron chi connectivity index (χ3n) is 6.64. The first kappa shape index (κ1) is 21.4. The molecule has 1 unspecified atom stereocenters. The zero-order chi connectivity index (χ0) is 24.3. The predicted octanol–water partition coefficient (Wildman–Crippen LogP) is 5.53. The summed E-state index contributed by atoms with van der Waals surface area (Å²) in [7, 11) is 0. The lowest BCUT2D eigenvalue weighted by atomic mass is 9.95. The van der Waals surface area contributed by atoms with E-state index in [9.17, 15) is 14.0 Å². The van der Waals surface area contributed by atoms with Gasteiger partial charge >= 0.3 is 0 Å². The second kappa shape index (κ2) is 7.98. The summed E-state index contributed by atoms with van der Waals surface area (Å²) in [5.74, 6) is 0.662. The van der Waals surface area contributed by atoms with Crippen LogP contribution in [0, 0.1) is 5.82 Å². The number of hydrogen-bond donors (Lipinski definition) is 0. The van der Waals surface area contributed by atoms with Gasteiger partial charge in [-0.2, -0.15) is 0 Å². The Bertz CT molecular complexity index is 1540. The smallest absolute Gasteiger partial charge is 0.291 e. The van der Waals surface area contributed by atoms with Gasteiger partial charge in [-0.1, -0.05) is 44.2 Å². The summed E-state index contributed by atoms with van der Waals surface area (Å²) in [5, 5.41) is 0.116. The molecule has 4 aromatic rings. The predicted molar refractivity (Wildman–Crippen MR) is 127 cm³/mol. The van der Waals surface area contributed by atoms with Gasteiger partial charge in [0, 0.05) is 6.54 Å². The summed E-state index contributed by atoms with van der Waals surface area (Å²) in [5.41, 5.74) is 2.76. The minimum atomic E-state index is -0.673. The molecule has 176 valence electrons. The van der Waals surface area contributed by atoms with Gasteiger partial charge in [0.15, 0.2) is 16.9 Å². The summed E-state index contributed by atoms with van der Waals surface area (Å²) in [6.07, 6.45) is 0. The van der Waals surface area contributed by atoms with Crippen LogP contribution in [-0.4, -0.2) is 17.6 Å². The third-order valence-corrected chi connectivity index (χ3v) is 6.64. The molecule has 0 radical (unpaired) electrons. The van der Waals surface area contributed by atoms with Crippen LogP contribution in [-0.2, 0) is 6.54 Å². The second-order valence-corrected chi connectivity index (χ2v) is 9.16. The molecule has 3 heterocycles. The van der Waals surface area contributed by atoms with Crippen LogP contribution in [0.5, 0.6) is 11.5 Å². The number of nitrogens with zero attached hydrogens (tertiary/aromatic N) is 1. The number of amides is 1. The summed E-state index contributed by atoms with van der Waals surface area (Å²) in [6.45, 7) is 4.58. The minimum absolute atomic E-state index is 0.00668. The lowest BCUT2D eigenvalue weighted by Crippen LogP contribution is -2.29. The zero-order valence-corrected chi connectivity index (χ0v) is 19.2. The Morgan fingerprint density at radius 2 is 1.74 bits per heavy atom. The van der Waals surface area contributed by atoms with Gasteiger partial charge < -0.3 is 18.8 Å². The van der Waals surface area contributed by atoms with Crippen molar-refractivity contribution in [2.45, 2.75) is 32.4 Å².